The molecule has 0 saturated carbocycles. The van der Waals surface area contributed by atoms with Crippen LogP contribution in [0.3, 0.4) is 0 Å². The topological polar surface area (TPSA) is 78.9 Å². The summed E-state index contributed by atoms with van der Waals surface area (Å²) < 4.78 is 16.7. The third-order valence-electron chi connectivity index (χ3n) is 11.3. The van der Waals surface area contributed by atoms with Crippen molar-refractivity contribution < 1.29 is 28.6 Å². The highest BCUT2D eigenvalue weighted by atomic mass is 16.6. The minimum absolute atomic E-state index is 0.0646. The van der Waals surface area contributed by atoms with Crippen molar-refractivity contribution in [3.8, 4) is 0 Å². The van der Waals surface area contributed by atoms with Crippen molar-refractivity contribution in [3.05, 3.63) is 0 Å². The molecule has 6 nitrogen and oxygen atoms in total. The Bertz CT molecular complexity index is 841. The van der Waals surface area contributed by atoms with E-state index in [0.717, 1.165) is 70.1 Å². The molecule has 0 aromatic heterocycles. The molecule has 0 aliphatic heterocycles. The number of hydrogen-bond acceptors (Lipinski definition) is 6. The van der Waals surface area contributed by atoms with Crippen LogP contribution in [-0.4, -0.2) is 37.2 Å². The number of ether oxygens (including phenoxy) is 3. The van der Waals surface area contributed by atoms with Crippen LogP contribution in [0.2, 0.25) is 0 Å². The maximum Gasteiger partial charge on any atom is 0.306 e. The van der Waals surface area contributed by atoms with Gasteiger partial charge in [-0.2, -0.15) is 0 Å². The molecule has 0 N–H and O–H groups in total. The number of rotatable bonds is 45. The van der Waals surface area contributed by atoms with Gasteiger partial charge in [0.05, 0.1) is 0 Å². The lowest BCUT2D eigenvalue weighted by atomic mass is 10.0. The van der Waals surface area contributed by atoms with Gasteiger partial charge >= 0.3 is 17.9 Å². The summed E-state index contributed by atoms with van der Waals surface area (Å²) in [7, 11) is 0. The number of esters is 3. The summed E-state index contributed by atoms with van der Waals surface area (Å²) in [5.74, 6) is -0.0292. The minimum atomic E-state index is -0.758. The van der Waals surface area contributed by atoms with Crippen molar-refractivity contribution in [1.29, 1.82) is 0 Å². The zero-order chi connectivity index (χ0) is 41.0. The van der Waals surface area contributed by atoms with E-state index < -0.39 is 6.10 Å². The standard InChI is InChI=1S/C50H96O6/c1-5-7-9-11-12-13-14-15-16-17-18-19-20-24-27-30-34-37-41-48(51)54-44-47(56-50(53)43-39-32-10-8-6-2)45-55-49(52)42-38-35-31-28-25-22-21-23-26-29-33-36-40-46(3)4/h46-47H,5-45H2,1-4H3/t47-/m0/s1. The SMILES string of the molecule is CCCCCCCCCCCCCCCCCCCCC(=O)OC[C@@H](COC(=O)CCCCCCCCCCCCCCC(C)C)OC(=O)CCCCCCC. The molecule has 0 unspecified atom stereocenters. The third-order valence-corrected chi connectivity index (χ3v) is 11.3. The molecule has 0 rings (SSSR count). The quantitative estimate of drug-likeness (QED) is 0.0347. The van der Waals surface area contributed by atoms with Crippen LogP contribution >= 0.6 is 0 Å². The lowest BCUT2D eigenvalue weighted by Gasteiger charge is -2.18. The average Bonchev–Trinajstić information content (AvgIpc) is 3.18. The fourth-order valence-corrected chi connectivity index (χ4v) is 7.51. The van der Waals surface area contributed by atoms with Gasteiger partial charge < -0.3 is 14.2 Å². The molecule has 0 spiro atoms. The fraction of sp³-hybridized carbons (Fsp3) is 0.940. The molecular formula is C50H96O6. The molecule has 0 aliphatic rings. The summed E-state index contributed by atoms with van der Waals surface area (Å²) in [6.45, 7) is 8.94. The lowest BCUT2D eigenvalue weighted by Crippen LogP contribution is -2.30. The molecule has 0 radical (unpaired) electrons. The molecule has 1 atom stereocenters. The summed E-state index contributed by atoms with van der Waals surface area (Å²) in [6.07, 6.45) is 45.5. The third kappa shape index (κ3) is 43.5. The van der Waals surface area contributed by atoms with Crippen LogP contribution in [0.15, 0.2) is 0 Å². The maximum absolute atomic E-state index is 12.6. The Morgan fingerprint density at radius 2 is 0.589 bits per heavy atom. The summed E-state index contributed by atoms with van der Waals surface area (Å²) in [5.41, 5.74) is 0. The van der Waals surface area contributed by atoms with Gasteiger partial charge in [-0.05, 0) is 25.2 Å². The molecule has 0 aliphatic carbocycles. The zero-order valence-corrected chi connectivity index (χ0v) is 38.1. The van der Waals surface area contributed by atoms with Crippen LogP contribution in [0.25, 0.3) is 0 Å². The van der Waals surface area contributed by atoms with Crippen LogP contribution in [-0.2, 0) is 28.6 Å². The summed E-state index contributed by atoms with van der Waals surface area (Å²) >= 11 is 0. The fourth-order valence-electron chi connectivity index (χ4n) is 7.51. The molecule has 332 valence electrons. The monoisotopic (exact) mass is 793 g/mol. The zero-order valence-electron chi connectivity index (χ0n) is 38.1. The molecule has 0 amide bonds. The van der Waals surface area contributed by atoms with E-state index in [0.29, 0.717) is 19.3 Å². The van der Waals surface area contributed by atoms with Gasteiger partial charge in [0.2, 0.25) is 0 Å². The van der Waals surface area contributed by atoms with E-state index in [-0.39, 0.29) is 31.1 Å². The molecule has 0 heterocycles. The Labute approximate surface area is 348 Å². The first kappa shape index (κ1) is 54.4. The predicted octanol–water partition coefficient (Wildman–Crippen LogP) is 15.9. The van der Waals surface area contributed by atoms with Gasteiger partial charge in [-0.3, -0.25) is 14.4 Å². The van der Waals surface area contributed by atoms with E-state index in [1.54, 1.807) is 0 Å². The molecule has 56 heavy (non-hydrogen) atoms. The molecule has 0 fully saturated rings. The van der Waals surface area contributed by atoms with E-state index in [4.69, 9.17) is 14.2 Å². The normalized spacial score (nSPS) is 11.9. The first-order valence-corrected chi connectivity index (χ1v) is 24.9. The van der Waals surface area contributed by atoms with E-state index >= 15 is 0 Å². The highest BCUT2D eigenvalue weighted by Crippen LogP contribution is 2.17. The number of carbonyl (C=O) groups is 3. The molecule has 0 aromatic carbocycles. The van der Waals surface area contributed by atoms with E-state index in [9.17, 15) is 14.4 Å². The van der Waals surface area contributed by atoms with Gasteiger partial charge in [-0.1, -0.05) is 240 Å². The average molecular weight is 793 g/mol. The second kappa shape index (κ2) is 44.5. The van der Waals surface area contributed by atoms with Crippen molar-refractivity contribution in [1.82, 2.24) is 0 Å². The highest BCUT2D eigenvalue weighted by Gasteiger charge is 2.19. The van der Waals surface area contributed by atoms with Gasteiger partial charge in [-0.15, -0.1) is 0 Å². The van der Waals surface area contributed by atoms with Gasteiger partial charge in [0, 0.05) is 19.3 Å². The number of carbonyl (C=O) groups excluding carboxylic acids is 3. The Morgan fingerprint density at radius 3 is 0.875 bits per heavy atom. The Morgan fingerprint density at radius 1 is 0.339 bits per heavy atom. The van der Waals surface area contributed by atoms with Crippen LogP contribution in [0, 0.1) is 5.92 Å². The molecular weight excluding hydrogens is 697 g/mol. The largest absolute Gasteiger partial charge is 0.462 e. The summed E-state index contributed by atoms with van der Waals surface area (Å²) in [4.78, 5) is 37.6. The van der Waals surface area contributed by atoms with Gasteiger partial charge in [0.15, 0.2) is 6.10 Å². The Hall–Kier alpha value is -1.59. The second-order valence-corrected chi connectivity index (χ2v) is 17.6. The van der Waals surface area contributed by atoms with Crippen LogP contribution in [0.4, 0.5) is 0 Å². The first-order valence-electron chi connectivity index (χ1n) is 24.9. The number of hydrogen-bond donors (Lipinski definition) is 0. The summed E-state index contributed by atoms with van der Waals surface area (Å²) in [5, 5.41) is 0. The predicted molar refractivity (Wildman–Crippen MR) is 238 cm³/mol. The van der Waals surface area contributed by atoms with Crippen molar-refractivity contribution in [3.63, 3.8) is 0 Å². The van der Waals surface area contributed by atoms with Crippen molar-refractivity contribution >= 4 is 17.9 Å². The number of unbranched alkanes of at least 4 members (excludes halogenated alkanes) is 32. The van der Waals surface area contributed by atoms with Gasteiger partial charge in [0.1, 0.15) is 13.2 Å². The van der Waals surface area contributed by atoms with E-state index in [1.807, 2.05) is 0 Å². The van der Waals surface area contributed by atoms with Gasteiger partial charge in [0.25, 0.3) is 0 Å². The van der Waals surface area contributed by atoms with Crippen molar-refractivity contribution in [2.24, 2.45) is 5.92 Å². The highest BCUT2D eigenvalue weighted by molar-refractivity contribution is 5.71. The maximum atomic E-state index is 12.6. The first-order chi connectivity index (χ1) is 27.4. The van der Waals surface area contributed by atoms with Gasteiger partial charge in [-0.25, -0.2) is 0 Å². The van der Waals surface area contributed by atoms with Crippen LogP contribution in [0.1, 0.15) is 278 Å². The van der Waals surface area contributed by atoms with E-state index in [2.05, 4.69) is 27.7 Å². The van der Waals surface area contributed by atoms with Crippen molar-refractivity contribution in [2.75, 3.05) is 13.2 Å². The second-order valence-electron chi connectivity index (χ2n) is 17.6. The van der Waals surface area contributed by atoms with Crippen molar-refractivity contribution in [2.45, 2.75) is 284 Å². The Balaban J connectivity index is 4.07. The minimum Gasteiger partial charge on any atom is -0.462 e. The Kier molecular flexibility index (Phi) is 43.2. The molecule has 6 heteroatoms. The smallest absolute Gasteiger partial charge is 0.306 e. The van der Waals surface area contributed by atoms with E-state index in [1.165, 1.54) is 167 Å². The lowest BCUT2D eigenvalue weighted by molar-refractivity contribution is -0.167. The summed E-state index contributed by atoms with van der Waals surface area (Å²) in [6, 6.07) is 0. The molecule has 0 saturated heterocycles. The van der Waals surface area contributed by atoms with Crippen LogP contribution < -0.4 is 0 Å². The molecule has 0 aromatic rings. The molecule has 0 bridgehead atoms. The van der Waals surface area contributed by atoms with Crippen LogP contribution in [0.5, 0.6) is 0 Å².